The first-order chi connectivity index (χ1) is 13.1. The molecule has 3 aromatic heterocycles. The van der Waals surface area contributed by atoms with Crippen molar-refractivity contribution < 1.29 is 13.9 Å². The van der Waals surface area contributed by atoms with E-state index >= 15 is 0 Å². The summed E-state index contributed by atoms with van der Waals surface area (Å²) in [5.41, 5.74) is 1.50. The normalized spacial score (nSPS) is 14.1. The monoisotopic (exact) mass is 385 g/mol. The summed E-state index contributed by atoms with van der Waals surface area (Å²) in [6, 6.07) is 7.57. The average molecular weight is 385 g/mol. The van der Waals surface area contributed by atoms with Crippen LogP contribution in [-0.2, 0) is 35.6 Å². The molecule has 0 spiro atoms. The number of carbonyl (C=O) groups is 1. The van der Waals surface area contributed by atoms with E-state index in [9.17, 15) is 9.59 Å². The number of hydrogen-bond donors (Lipinski definition) is 1. The number of nitrogens with one attached hydrogen (secondary N) is 1. The lowest BCUT2D eigenvalue weighted by Gasteiger charge is -2.26. The highest BCUT2D eigenvalue weighted by atomic mass is 32.1. The van der Waals surface area contributed by atoms with E-state index in [4.69, 9.17) is 9.15 Å². The molecular weight excluding hydrogens is 366 g/mol. The van der Waals surface area contributed by atoms with Crippen LogP contribution in [0.3, 0.4) is 0 Å². The fourth-order valence-electron chi connectivity index (χ4n) is 3.12. The van der Waals surface area contributed by atoms with E-state index < -0.39 is 0 Å². The Balaban J connectivity index is 1.46. The molecule has 27 heavy (non-hydrogen) atoms. The van der Waals surface area contributed by atoms with Crippen LogP contribution in [0.15, 0.2) is 38.9 Å². The number of aromatic nitrogens is 2. The number of aromatic amines is 1. The number of nitrogens with zero attached hydrogens (tertiary/aromatic N) is 2. The molecule has 4 heterocycles. The van der Waals surface area contributed by atoms with E-state index in [0.29, 0.717) is 30.2 Å². The SMILES string of the molecule is CC(=O)OCc1ccc(CN2CCc3nc(-c4cccs4)[nH]c(=O)c3C2)o1. The van der Waals surface area contributed by atoms with E-state index in [1.54, 1.807) is 17.4 Å². The minimum atomic E-state index is -0.339. The van der Waals surface area contributed by atoms with Crippen molar-refractivity contribution in [1.29, 1.82) is 0 Å². The van der Waals surface area contributed by atoms with Crippen LogP contribution in [0.2, 0.25) is 0 Å². The first-order valence-corrected chi connectivity index (χ1v) is 9.55. The van der Waals surface area contributed by atoms with E-state index in [2.05, 4.69) is 14.9 Å². The van der Waals surface area contributed by atoms with Crippen molar-refractivity contribution in [1.82, 2.24) is 14.9 Å². The number of fused-ring (bicyclic) bond motifs is 1. The quantitative estimate of drug-likeness (QED) is 0.680. The van der Waals surface area contributed by atoms with Crippen molar-refractivity contribution in [3.63, 3.8) is 0 Å². The number of H-pyrrole nitrogens is 1. The first-order valence-electron chi connectivity index (χ1n) is 8.68. The molecule has 1 aliphatic heterocycles. The van der Waals surface area contributed by atoms with Crippen LogP contribution in [0.1, 0.15) is 29.7 Å². The molecule has 0 aliphatic carbocycles. The summed E-state index contributed by atoms with van der Waals surface area (Å²) in [4.78, 5) is 34.1. The third-order valence-electron chi connectivity index (χ3n) is 4.42. The van der Waals surface area contributed by atoms with Crippen LogP contribution in [0, 0.1) is 0 Å². The number of thiophene rings is 1. The van der Waals surface area contributed by atoms with Crippen LogP contribution >= 0.6 is 11.3 Å². The zero-order valence-corrected chi connectivity index (χ0v) is 15.7. The van der Waals surface area contributed by atoms with Gasteiger partial charge < -0.3 is 14.1 Å². The van der Waals surface area contributed by atoms with Gasteiger partial charge in [0.1, 0.15) is 18.1 Å². The summed E-state index contributed by atoms with van der Waals surface area (Å²) in [5.74, 6) is 1.69. The molecule has 8 heteroatoms. The molecular formula is C19H19N3O4S. The fourth-order valence-corrected chi connectivity index (χ4v) is 3.79. The highest BCUT2D eigenvalue weighted by Crippen LogP contribution is 2.23. The van der Waals surface area contributed by atoms with Gasteiger partial charge in [-0.25, -0.2) is 4.98 Å². The van der Waals surface area contributed by atoms with Gasteiger partial charge in [0, 0.05) is 26.4 Å². The van der Waals surface area contributed by atoms with Gasteiger partial charge in [0.25, 0.3) is 5.56 Å². The summed E-state index contributed by atoms with van der Waals surface area (Å²) < 4.78 is 10.6. The van der Waals surface area contributed by atoms with Crippen molar-refractivity contribution in [2.45, 2.75) is 33.0 Å². The average Bonchev–Trinajstić information content (AvgIpc) is 3.32. The van der Waals surface area contributed by atoms with Gasteiger partial charge in [0.15, 0.2) is 5.82 Å². The fraction of sp³-hybridized carbons (Fsp3) is 0.316. The van der Waals surface area contributed by atoms with E-state index in [1.807, 2.05) is 23.6 Å². The maximum absolute atomic E-state index is 12.5. The number of carbonyl (C=O) groups excluding carboxylic acids is 1. The zero-order chi connectivity index (χ0) is 18.8. The molecule has 0 atom stereocenters. The van der Waals surface area contributed by atoms with E-state index in [-0.39, 0.29) is 18.1 Å². The Morgan fingerprint density at radius 2 is 2.22 bits per heavy atom. The summed E-state index contributed by atoms with van der Waals surface area (Å²) in [7, 11) is 0. The van der Waals surface area contributed by atoms with Crippen molar-refractivity contribution >= 4 is 17.3 Å². The van der Waals surface area contributed by atoms with Crippen LogP contribution in [0.5, 0.6) is 0 Å². The predicted octanol–water partition coefficient (Wildman–Crippen LogP) is 2.71. The molecule has 140 valence electrons. The van der Waals surface area contributed by atoms with Gasteiger partial charge in [-0.05, 0) is 23.6 Å². The number of esters is 1. The molecule has 0 saturated heterocycles. The number of hydrogen-bond acceptors (Lipinski definition) is 7. The van der Waals surface area contributed by atoms with Crippen LogP contribution < -0.4 is 5.56 Å². The number of furan rings is 1. The molecule has 0 aromatic carbocycles. The van der Waals surface area contributed by atoms with Crippen molar-refractivity contribution in [3.05, 3.63) is 62.8 Å². The van der Waals surface area contributed by atoms with Gasteiger partial charge >= 0.3 is 5.97 Å². The second-order valence-corrected chi connectivity index (χ2v) is 7.37. The lowest BCUT2D eigenvalue weighted by atomic mass is 10.1. The minimum Gasteiger partial charge on any atom is -0.461 e. The van der Waals surface area contributed by atoms with Crippen molar-refractivity contribution in [3.8, 4) is 10.7 Å². The van der Waals surface area contributed by atoms with Crippen LogP contribution in [0.4, 0.5) is 0 Å². The third kappa shape index (κ3) is 4.01. The molecule has 7 nitrogen and oxygen atoms in total. The molecule has 0 saturated carbocycles. The summed E-state index contributed by atoms with van der Waals surface area (Å²) in [6.45, 7) is 3.42. The Hall–Kier alpha value is -2.71. The molecule has 3 aromatic rings. The molecule has 0 unspecified atom stereocenters. The van der Waals surface area contributed by atoms with Gasteiger partial charge in [-0.1, -0.05) is 6.07 Å². The van der Waals surface area contributed by atoms with Gasteiger partial charge in [-0.2, -0.15) is 0 Å². The van der Waals surface area contributed by atoms with E-state index in [0.717, 1.165) is 29.3 Å². The molecule has 0 radical (unpaired) electrons. The maximum Gasteiger partial charge on any atom is 0.303 e. The summed E-state index contributed by atoms with van der Waals surface area (Å²) in [6.07, 6.45) is 0.721. The largest absolute Gasteiger partial charge is 0.461 e. The number of ether oxygens (including phenoxy) is 1. The Morgan fingerprint density at radius 1 is 1.37 bits per heavy atom. The van der Waals surface area contributed by atoms with Crippen LogP contribution in [0.25, 0.3) is 10.7 Å². The van der Waals surface area contributed by atoms with Gasteiger partial charge in [-0.3, -0.25) is 14.5 Å². The van der Waals surface area contributed by atoms with Gasteiger partial charge in [0.05, 0.1) is 22.7 Å². The summed E-state index contributed by atoms with van der Waals surface area (Å²) in [5, 5.41) is 1.97. The highest BCUT2D eigenvalue weighted by molar-refractivity contribution is 7.13. The van der Waals surface area contributed by atoms with E-state index in [1.165, 1.54) is 6.92 Å². The Labute approximate surface area is 159 Å². The van der Waals surface area contributed by atoms with Gasteiger partial charge in [-0.15, -0.1) is 11.3 Å². The molecule has 0 amide bonds. The lowest BCUT2D eigenvalue weighted by molar-refractivity contribution is -0.142. The minimum absolute atomic E-state index is 0.0805. The topological polar surface area (TPSA) is 88.4 Å². The predicted molar refractivity (Wildman–Crippen MR) is 100 cm³/mol. The van der Waals surface area contributed by atoms with Crippen molar-refractivity contribution in [2.24, 2.45) is 0 Å². The zero-order valence-electron chi connectivity index (χ0n) is 14.9. The Bertz CT molecular complexity index is 1010. The second-order valence-electron chi connectivity index (χ2n) is 6.43. The Morgan fingerprint density at radius 3 is 3.00 bits per heavy atom. The summed E-state index contributed by atoms with van der Waals surface area (Å²) >= 11 is 1.56. The standard InChI is InChI=1S/C19H19N3O4S/c1-12(23)25-11-14-5-4-13(26-14)9-22-7-6-16-15(10-22)19(24)21-18(20-16)17-3-2-8-27-17/h2-5,8H,6-7,9-11H2,1H3,(H,20,21,24). The first kappa shape index (κ1) is 17.7. The third-order valence-corrected chi connectivity index (χ3v) is 5.29. The second kappa shape index (κ2) is 7.50. The highest BCUT2D eigenvalue weighted by Gasteiger charge is 2.22. The molecule has 4 rings (SSSR count). The Kier molecular flexibility index (Phi) is 4.91. The van der Waals surface area contributed by atoms with Crippen LogP contribution in [-0.4, -0.2) is 27.4 Å². The molecule has 1 aliphatic rings. The lowest BCUT2D eigenvalue weighted by Crippen LogP contribution is -2.35. The van der Waals surface area contributed by atoms with Crippen molar-refractivity contribution in [2.75, 3.05) is 6.54 Å². The number of rotatable bonds is 5. The molecule has 0 bridgehead atoms. The van der Waals surface area contributed by atoms with Gasteiger partial charge in [0.2, 0.25) is 0 Å². The molecule has 1 N–H and O–H groups in total. The molecule has 0 fully saturated rings. The smallest absolute Gasteiger partial charge is 0.303 e. The maximum atomic E-state index is 12.5.